The topological polar surface area (TPSA) is 175 Å². The third kappa shape index (κ3) is 5.54. The number of amides is 1. The summed E-state index contributed by atoms with van der Waals surface area (Å²) < 4.78 is 4.83. The molecule has 5 N–H and O–H groups in total. The quantitative estimate of drug-likeness (QED) is 0.207. The minimum Gasteiger partial charge on any atom is -0.508 e. The number of carbonyl (C=O) groups excluding carboxylic acids is 3. The molecule has 0 saturated heterocycles. The molecule has 0 aromatic heterocycles. The van der Waals surface area contributed by atoms with Crippen LogP contribution >= 0.6 is 0 Å². The van der Waals surface area contributed by atoms with Crippen LogP contribution in [0.5, 0.6) is 5.75 Å². The van der Waals surface area contributed by atoms with E-state index in [-0.39, 0.29) is 41.9 Å². The number of aromatic hydroxyl groups is 1. The molecule has 44 heavy (non-hydrogen) atoms. The molecular formula is C33H44N2O9. The first-order valence-electron chi connectivity index (χ1n) is 15.5. The fourth-order valence-electron chi connectivity index (χ4n) is 8.98. The summed E-state index contributed by atoms with van der Waals surface area (Å²) in [6.45, 7) is 3.01. The summed E-state index contributed by atoms with van der Waals surface area (Å²) in [5.41, 5.74) is -0.0499. The summed E-state index contributed by atoms with van der Waals surface area (Å²) >= 11 is 0. The van der Waals surface area contributed by atoms with Crippen LogP contribution in [0.2, 0.25) is 0 Å². The summed E-state index contributed by atoms with van der Waals surface area (Å²) in [5, 5.41) is 48.9. The van der Waals surface area contributed by atoms with Gasteiger partial charge in [0.05, 0.1) is 18.9 Å². The number of esters is 1. The number of ketones is 1. The first-order valence-corrected chi connectivity index (χ1v) is 15.5. The lowest BCUT2D eigenvalue weighted by Gasteiger charge is -2.60. The van der Waals surface area contributed by atoms with Crippen LogP contribution in [0.15, 0.2) is 41.1 Å². The van der Waals surface area contributed by atoms with Crippen molar-refractivity contribution in [2.24, 2.45) is 33.7 Å². The lowest BCUT2D eigenvalue weighted by Crippen LogP contribution is -2.62. The molecule has 0 radical (unpaired) electrons. The molecule has 3 fully saturated rings. The van der Waals surface area contributed by atoms with Crippen molar-refractivity contribution in [2.45, 2.75) is 83.0 Å². The van der Waals surface area contributed by atoms with Crippen molar-refractivity contribution in [3.8, 4) is 5.75 Å². The van der Waals surface area contributed by atoms with E-state index < -0.39 is 47.4 Å². The molecule has 5 rings (SSSR count). The van der Waals surface area contributed by atoms with E-state index in [1.54, 1.807) is 12.1 Å². The third-order valence-electron chi connectivity index (χ3n) is 11.2. The second kappa shape index (κ2) is 12.3. The van der Waals surface area contributed by atoms with Crippen LogP contribution in [0.25, 0.3) is 0 Å². The first-order chi connectivity index (χ1) is 20.9. The fourth-order valence-corrected chi connectivity index (χ4v) is 8.98. The molecule has 1 amide bonds. The van der Waals surface area contributed by atoms with Crippen LogP contribution in [0.3, 0.4) is 0 Å². The van der Waals surface area contributed by atoms with Gasteiger partial charge in [-0.05, 0) is 91.9 Å². The van der Waals surface area contributed by atoms with Gasteiger partial charge >= 0.3 is 5.97 Å². The van der Waals surface area contributed by atoms with Crippen LogP contribution < -0.4 is 5.32 Å². The van der Waals surface area contributed by atoms with E-state index >= 15 is 0 Å². The Balaban J connectivity index is 1.23. The predicted octanol–water partition coefficient (Wildman–Crippen LogP) is 2.19. The first kappa shape index (κ1) is 32.1. The van der Waals surface area contributed by atoms with E-state index in [2.05, 4.69) is 17.4 Å². The van der Waals surface area contributed by atoms with E-state index in [4.69, 9.17) is 9.57 Å². The van der Waals surface area contributed by atoms with Crippen molar-refractivity contribution in [1.82, 2.24) is 5.32 Å². The molecule has 11 nitrogen and oxygen atoms in total. The van der Waals surface area contributed by atoms with Gasteiger partial charge in [-0.2, -0.15) is 0 Å². The Morgan fingerprint density at radius 3 is 2.52 bits per heavy atom. The number of nitrogens with zero attached hydrogens (tertiary/aromatic N) is 1. The highest BCUT2D eigenvalue weighted by molar-refractivity contribution is 5.96. The molecule has 1 aromatic rings. The van der Waals surface area contributed by atoms with Gasteiger partial charge in [0.1, 0.15) is 24.0 Å². The fraction of sp³-hybridized carbons (Fsp3) is 0.636. The van der Waals surface area contributed by atoms with Crippen molar-refractivity contribution in [3.63, 3.8) is 0 Å². The maximum atomic E-state index is 12.6. The monoisotopic (exact) mass is 612 g/mol. The standard InChI is InChI=1S/C33H44N2O9/c1-31-12-10-21(35-44-18-28(40)34-25(30(41)43-3)14-19-4-7-22(37)8-5-19)15-20(31)6-9-23-24-11-13-33(42,27(39)17-36)32(24,2)16-26(38)29(23)31/h4-5,7-8,15,23-26,29,36-38,42H,6,9-14,16-18H2,1-3H3,(H,34,40)/b35-21-/t23?,24?,25?,26?,29?,31-,32-,33-/m0/s1. The molecule has 1 aromatic carbocycles. The number of methoxy groups -OCH3 is 1. The summed E-state index contributed by atoms with van der Waals surface area (Å²) in [6.07, 6.45) is 5.75. The van der Waals surface area contributed by atoms with Crippen LogP contribution in [-0.2, 0) is 30.4 Å². The highest BCUT2D eigenvalue weighted by Gasteiger charge is 2.68. The van der Waals surface area contributed by atoms with Crippen LogP contribution in [0, 0.1) is 28.6 Å². The zero-order valence-electron chi connectivity index (χ0n) is 25.6. The van der Waals surface area contributed by atoms with E-state index in [1.807, 2.05) is 13.0 Å². The number of hydrogen-bond donors (Lipinski definition) is 5. The highest BCUT2D eigenvalue weighted by atomic mass is 16.6. The van der Waals surface area contributed by atoms with Crippen LogP contribution in [0.4, 0.5) is 0 Å². The van der Waals surface area contributed by atoms with Crippen molar-refractivity contribution >= 4 is 23.4 Å². The number of allylic oxidation sites excluding steroid dienone is 2. The average molecular weight is 613 g/mol. The van der Waals surface area contributed by atoms with E-state index in [1.165, 1.54) is 24.8 Å². The second-order valence-electron chi connectivity index (χ2n) is 13.5. The minimum atomic E-state index is -1.62. The Bertz CT molecular complexity index is 1340. The van der Waals surface area contributed by atoms with Gasteiger partial charge in [0.15, 0.2) is 12.4 Å². The average Bonchev–Trinajstić information content (AvgIpc) is 3.27. The Morgan fingerprint density at radius 2 is 1.84 bits per heavy atom. The van der Waals surface area contributed by atoms with E-state index in [0.717, 1.165) is 24.8 Å². The number of aliphatic hydroxyl groups excluding tert-OH is 2. The maximum absolute atomic E-state index is 12.6. The van der Waals surface area contributed by atoms with Gasteiger partial charge in [0.2, 0.25) is 0 Å². The summed E-state index contributed by atoms with van der Waals surface area (Å²) in [4.78, 5) is 42.9. The number of carbonyl (C=O) groups is 3. The number of fused-ring (bicyclic) bond motifs is 5. The predicted molar refractivity (Wildman–Crippen MR) is 159 cm³/mol. The minimum absolute atomic E-state index is 0.0239. The molecule has 8 atom stereocenters. The Kier molecular flexibility index (Phi) is 8.94. The number of benzene rings is 1. The van der Waals surface area contributed by atoms with Gasteiger partial charge in [0.25, 0.3) is 5.91 Å². The second-order valence-corrected chi connectivity index (χ2v) is 13.5. The third-order valence-corrected chi connectivity index (χ3v) is 11.2. The smallest absolute Gasteiger partial charge is 0.328 e. The van der Waals surface area contributed by atoms with Gasteiger partial charge in [-0.15, -0.1) is 0 Å². The van der Waals surface area contributed by atoms with Gasteiger partial charge in [0, 0.05) is 11.8 Å². The molecule has 11 heteroatoms. The normalized spacial score (nSPS) is 35.9. The lowest BCUT2D eigenvalue weighted by atomic mass is 9.45. The Hall–Kier alpha value is -3.28. The van der Waals surface area contributed by atoms with Gasteiger partial charge in [-0.25, -0.2) is 4.79 Å². The largest absolute Gasteiger partial charge is 0.508 e. The van der Waals surface area contributed by atoms with Crippen molar-refractivity contribution in [2.75, 3.05) is 20.3 Å². The Morgan fingerprint density at radius 1 is 1.11 bits per heavy atom. The van der Waals surface area contributed by atoms with Crippen molar-refractivity contribution in [1.29, 1.82) is 0 Å². The number of ether oxygens (including phenoxy) is 1. The van der Waals surface area contributed by atoms with E-state index in [9.17, 15) is 34.8 Å². The molecule has 0 heterocycles. The van der Waals surface area contributed by atoms with Gasteiger partial charge < -0.3 is 35.3 Å². The van der Waals surface area contributed by atoms with Crippen molar-refractivity contribution in [3.05, 3.63) is 41.5 Å². The molecular weight excluding hydrogens is 568 g/mol. The number of rotatable bonds is 9. The molecule has 0 spiro atoms. The van der Waals surface area contributed by atoms with Gasteiger partial charge in [-0.3, -0.25) is 9.59 Å². The van der Waals surface area contributed by atoms with Gasteiger partial charge in [-0.1, -0.05) is 36.7 Å². The number of phenols is 1. The SMILES string of the molecule is COC(=O)C(Cc1ccc(O)cc1)NC(=O)CO/N=C1\C=C2CCC3C(C(O)C[C@@]4(C)C3CC[C@]4(O)C(=O)CO)[C@@]2(C)CC1. The molecule has 3 saturated carbocycles. The molecule has 4 aliphatic rings. The number of phenolic OH excluding ortho intramolecular Hbond substituents is 1. The zero-order valence-corrected chi connectivity index (χ0v) is 25.6. The lowest BCUT2D eigenvalue weighted by molar-refractivity contribution is -0.181. The number of hydrogen-bond acceptors (Lipinski definition) is 10. The highest BCUT2D eigenvalue weighted by Crippen LogP contribution is 2.67. The van der Waals surface area contributed by atoms with E-state index in [0.29, 0.717) is 31.4 Å². The summed E-state index contributed by atoms with van der Waals surface area (Å²) in [7, 11) is 1.25. The molecule has 5 unspecified atom stereocenters. The molecule has 0 aliphatic heterocycles. The molecule has 240 valence electrons. The van der Waals surface area contributed by atoms with Crippen LogP contribution in [0.1, 0.15) is 64.4 Å². The number of oxime groups is 1. The zero-order chi connectivity index (χ0) is 31.9. The number of Topliss-reactive ketones (excluding diaryl/α,β-unsaturated/α-hetero) is 1. The number of aliphatic hydroxyl groups is 3. The summed E-state index contributed by atoms with van der Waals surface area (Å²) in [5.74, 6) is -1.38. The van der Waals surface area contributed by atoms with Crippen molar-refractivity contribution < 1.29 is 44.4 Å². The molecule has 4 aliphatic carbocycles. The molecule has 0 bridgehead atoms. The van der Waals surface area contributed by atoms with Crippen LogP contribution in [-0.4, -0.2) is 81.9 Å². The Labute approximate surface area is 257 Å². The maximum Gasteiger partial charge on any atom is 0.328 e. The number of nitrogens with one attached hydrogen (secondary N) is 1. The summed E-state index contributed by atoms with van der Waals surface area (Å²) in [6, 6.07) is 5.40.